The number of thioether (sulfide) groups is 1. The van der Waals surface area contributed by atoms with Crippen LogP contribution in [0.25, 0.3) is 17.2 Å². The zero-order chi connectivity index (χ0) is 23.4. The summed E-state index contributed by atoms with van der Waals surface area (Å²) in [5.41, 5.74) is 5.80. The van der Waals surface area contributed by atoms with Gasteiger partial charge in [-0.25, -0.2) is 0 Å². The lowest BCUT2D eigenvalue weighted by atomic mass is 10.1. The number of nitrogens with one attached hydrogen (secondary N) is 1. The summed E-state index contributed by atoms with van der Waals surface area (Å²) in [6.45, 7) is 4.12. The maximum Gasteiger partial charge on any atom is 0.234 e. The standard InChI is InChI=1S/C25H26N6OS/c1-17-8-13-22(18(2)15-17)31-24(21-7-5-6-14-26-21)28-29-25(31)33-16-23(32)27-19-9-11-20(12-10-19)30(3)4/h5-15H,16H2,1-4H3,(H,27,32). The minimum absolute atomic E-state index is 0.104. The fourth-order valence-electron chi connectivity index (χ4n) is 3.47. The molecule has 1 amide bonds. The first-order chi connectivity index (χ1) is 15.9. The number of hydrogen-bond donors (Lipinski definition) is 1. The van der Waals surface area contributed by atoms with Gasteiger partial charge in [-0.05, 0) is 61.9 Å². The van der Waals surface area contributed by atoms with Crippen molar-refractivity contribution in [3.63, 3.8) is 0 Å². The molecule has 0 saturated heterocycles. The van der Waals surface area contributed by atoms with Gasteiger partial charge in [-0.2, -0.15) is 0 Å². The minimum Gasteiger partial charge on any atom is -0.378 e. The van der Waals surface area contributed by atoms with Gasteiger partial charge in [-0.1, -0.05) is 35.5 Å². The molecule has 0 aliphatic carbocycles. The number of pyridine rings is 1. The lowest BCUT2D eigenvalue weighted by Crippen LogP contribution is -2.15. The molecule has 2 aromatic heterocycles. The molecule has 4 rings (SSSR count). The Balaban J connectivity index is 1.57. The van der Waals surface area contributed by atoms with Gasteiger partial charge in [0.1, 0.15) is 5.69 Å². The second-order valence-corrected chi connectivity index (χ2v) is 8.87. The van der Waals surface area contributed by atoms with Gasteiger partial charge in [0.25, 0.3) is 0 Å². The van der Waals surface area contributed by atoms with E-state index in [0.717, 1.165) is 28.3 Å². The third kappa shape index (κ3) is 5.23. The van der Waals surface area contributed by atoms with Crippen LogP contribution in [0.15, 0.2) is 72.0 Å². The Morgan fingerprint density at radius 1 is 1.03 bits per heavy atom. The topological polar surface area (TPSA) is 75.9 Å². The number of carbonyl (C=O) groups excluding carboxylic acids is 1. The van der Waals surface area contributed by atoms with Crippen molar-refractivity contribution in [1.82, 2.24) is 19.7 Å². The van der Waals surface area contributed by atoms with Gasteiger partial charge >= 0.3 is 0 Å². The number of amides is 1. The molecule has 0 aliphatic heterocycles. The Morgan fingerprint density at radius 2 is 1.82 bits per heavy atom. The highest BCUT2D eigenvalue weighted by atomic mass is 32.2. The van der Waals surface area contributed by atoms with Crippen molar-refractivity contribution in [2.24, 2.45) is 0 Å². The lowest BCUT2D eigenvalue weighted by molar-refractivity contribution is -0.113. The van der Waals surface area contributed by atoms with E-state index in [1.165, 1.54) is 17.3 Å². The van der Waals surface area contributed by atoms with Crippen LogP contribution in [-0.2, 0) is 4.79 Å². The van der Waals surface area contributed by atoms with Crippen molar-refractivity contribution in [1.29, 1.82) is 0 Å². The molecule has 0 fully saturated rings. The van der Waals surface area contributed by atoms with Crippen molar-refractivity contribution < 1.29 is 4.79 Å². The monoisotopic (exact) mass is 458 g/mol. The molecule has 0 aliphatic rings. The maximum absolute atomic E-state index is 12.6. The number of aryl methyl sites for hydroxylation is 2. The third-order valence-electron chi connectivity index (χ3n) is 5.12. The van der Waals surface area contributed by atoms with Gasteiger partial charge in [0.05, 0.1) is 11.4 Å². The smallest absolute Gasteiger partial charge is 0.234 e. The van der Waals surface area contributed by atoms with E-state index < -0.39 is 0 Å². The zero-order valence-electron chi connectivity index (χ0n) is 19.1. The molecule has 0 bridgehead atoms. The second-order valence-electron chi connectivity index (χ2n) is 7.92. The number of benzene rings is 2. The van der Waals surface area contributed by atoms with E-state index in [1.54, 1.807) is 6.20 Å². The highest BCUT2D eigenvalue weighted by Crippen LogP contribution is 2.29. The summed E-state index contributed by atoms with van der Waals surface area (Å²) in [6, 6.07) is 19.7. The van der Waals surface area contributed by atoms with Crippen LogP contribution in [0.2, 0.25) is 0 Å². The quantitative estimate of drug-likeness (QED) is 0.403. The maximum atomic E-state index is 12.6. The van der Waals surface area contributed by atoms with Crippen molar-refractivity contribution in [2.45, 2.75) is 19.0 Å². The highest BCUT2D eigenvalue weighted by Gasteiger charge is 2.19. The van der Waals surface area contributed by atoms with Crippen molar-refractivity contribution >= 4 is 29.0 Å². The number of hydrogen-bond acceptors (Lipinski definition) is 6. The fourth-order valence-corrected chi connectivity index (χ4v) is 4.21. The number of nitrogens with zero attached hydrogens (tertiary/aromatic N) is 5. The second kappa shape index (κ2) is 9.87. The zero-order valence-corrected chi connectivity index (χ0v) is 19.9. The fraction of sp³-hybridized carbons (Fsp3) is 0.200. The third-order valence-corrected chi connectivity index (χ3v) is 6.05. The highest BCUT2D eigenvalue weighted by molar-refractivity contribution is 7.99. The molecule has 0 spiro atoms. The van der Waals surface area contributed by atoms with Gasteiger partial charge < -0.3 is 10.2 Å². The molecule has 0 radical (unpaired) electrons. The van der Waals surface area contributed by atoms with Gasteiger partial charge in [-0.3, -0.25) is 14.3 Å². The van der Waals surface area contributed by atoms with E-state index in [1.807, 2.05) is 66.0 Å². The average Bonchev–Trinajstić information content (AvgIpc) is 3.22. The predicted octanol–water partition coefficient (Wildman–Crippen LogP) is 4.74. The molecule has 2 aromatic carbocycles. The van der Waals surface area contributed by atoms with Gasteiger partial charge in [-0.15, -0.1) is 10.2 Å². The van der Waals surface area contributed by atoms with Gasteiger partial charge in [0.2, 0.25) is 5.91 Å². The molecule has 33 heavy (non-hydrogen) atoms. The largest absolute Gasteiger partial charge is 0.378 e. The Bertz CT molecular complexity index is 1250. The molecular weight excluding hydrogens is 432 g/mol. The molecule has 0 unspecified atom stereocenters. The Kier molecular flexibility index (Phi) is 6.74. The number of aromatic nitrogens is 4. The normalized spacial score (nSPS) is 10.8. The van der Waals surface area contributed by atoms with Crippen LogP contribution in [0.4, 0.5) is 11.4 Å². The van der Waals surface area contributed by atoms with Crippen LogP contribution in [-0.4, -0.2) is 45.5 Å². The molecule has 1 N–H and O–H groups in total. The van der Waals surface area contributed by atoms with Gasteiger partial charge in [0, 0.05) is 31.7 Å². The van der Waals surface area contributed by atoms with Crippen LogP contribution in [0.5, 0.6) is 0 Å². The SMILES string of the molecule is Cc1ccc(-n2c(SCC(=O)Nc3ccc(N(C)C)cc3)nnc2-c2ccccn2)c(C)c1. The van der Waals surface area contributed by atoms with Crippen LogP contribution in [0, 0.1) is 13.8 Å². The molecule has 0 saturated carbocycles. The number of carbonyl (C=O) groups is 1. The van der Waals surface area contributed by atoms with Crippen LogP contribution in [0.3, 0.4) is 0 Å². The summed E-state index contributed by atoms with van der Waals surface area (Å²) in [5, 5.41) is 12.4. The molecule has 4 aromatic rings. The van der Waals surface area contributed by atoms with E-state index in [-0.39, 0.29) is 11.7 Å². The molecule has 2 heterocycles. The van der Waals surface area contributed by atoms with Crippen LogP contribution in [0.1, 0.15) is 11.1 Å². The van der Waals surface area contributed by atoms with Gasteiger partial charge in [0.15, 0.2) is 11.0 Å². The van der Waals surface area contributed by atoms with Crippen molar-refractivity contribution in [3.8, 4) is 17.2 Å². The number of anilines is 2. The molecule has 168 valence electrons. The Labute approximate surface area is 197 Å². The first-order valence-electron chi connectivity index (χ1n) is 10.6. The summed E-state index contributed by atoms with van der Waals surface area (Å²) in [4.78, 5) is 19.1. The average molecular weight is 459 g/mol. The van der Waals surface area contributed by atoms with Crippen LogP contribution < -0.4 is 10.2 Å². The first-order valence-corrected chi connectivity index (χ1v) is 11.6. The predicted molar refractivity (Wildman–Crippen MR) is 134 cm³/mol. The number of rotatable bonds is 7. The van der Waals surface area contributed by atoms with E-state index in [4.69, 9.17) is 0 Å². The molecule has 7 nitrogen and oxygen atoms in total. The molecule has 0 atom stereocenters. The Morgan fingerprint density at radius 3 is 2.48 bits per heavy atom. The summed E-state index contributed by atoms with van der Waals surface area (Å²) < 4.78 is 1.97. The summed E-state index contributed by atoms with van der Waals surface area (Å²) >= 11 is 1.35. The Hall–Kier alpha value is -3.65. The van der Waals surface area contributed by atoms with Crippen molar-refractivity contribution in [3.05, 3.63) is 78.0 Å². The lowest BCUT2D eigenvalue weighted by Gasteiger charge is -2.14. The van der Waals surface area contributed by atoms with Crippen LogP contribution >= 0.6 is 11.8 Å². The molecular formula is C25H26N6OS. The van der Waals surface area contributed by atoms with E-state index in [9.17, 15) is 4.79 Å². The summed E-state index contributed by atoms with van der Waals surface area (Å²) in [5.74, 6) is 0.748. The first kappa shape index (κ1) is 22.5. The summed E-state index contributed by atoms with van der Waals surface area (Å²) in [6.07, 6.45) is 1.73. The van der Waals surface area contributed by atoms with E-state index >= 15 is 0 Å². The minimum atomic E-state index is -0.104. The summed E-state index contributed by atoms with van der Waals surface area (Å²) in [7, 11) is 3.96. The van der Waals surface area contributed by atoms with E-state index in [2.05, 4.69) is 52.5 Å². The van der Waals surface area contributed by atoms with E-state index in [0.29, 0.717) is 11.0 Å². The molecule has 8 heteroatoms. The van der Waals surface area contributed by atoms with Crippen molar-refractivity contribution in [2.75, 3.05) is 30.1 Å².